The van der Waals surface area contributed by atoms with E-state index in [1.807, 2.05) is 36.4 Å². The fourth-order valence-corrected chi connectivity index (χ4v) is 6.72. The van der Waals surface area contributed by atoms with Gasteiger partial charge in [0.25, 0.3) is 11.1 Å². The molecular formula is C38H41Cl3N4O6. The van der Waals surface area contributed by atoms with E-state index in [1.165, 1.54) is 32.7 Å². The number of rotatable bonds is 14. The molecule has 2 aliphatic rings. The Bertz CT molecular complexity index is 1950. The lowest BCUT2D eigenvalue weighted by molar-refractivity contribution is -0.144. The quantitative estimate of drug-likeness (QED) is 0.128. The molecule has 2 fully saturated rings. The number of benzene rings is 2. The number of halogens is 3. The average molecular weight is 756 g/mol. The molecule has 4 aromatic rings. The van der Waals surface area contributed by atoms with E-state index in [-0.39, 0.29) is 46.8 Å². The molecule has 0 radical (unpaired) electrons. The predicted molar refractivity (Wildman–Crippen MR) is 197 cm³/mol. The van der Waals surface area contributed by atoms with E-state index < -0.39 is 11.9 Å². The minimum atomic E-state index is -0.492. The van der Waals surface area contributed by atoms with Crippen LogP contribution in [0.2, 0.25) is 15.2 Å². The molecule has 0 amide bonds. The Morgan fingerprint density at radius 3 is 1.65 bits per heavy atom. The number of nitrogens with zero attached hydrogens (tertiary/aromatic N) is 4. The van der Waals surface area contributed by atoms with Crippen molar-refractivity contribution in [3.8, 4) is 0 Å². The molecule has 13 heteroatoms. The summed E-state index contributed by atoms with van der Waals surface area (Å²) in [6.45, 7) is 3.73. The van der Waals surface area contributed by atoms with Gasteiger partial charge in [0.15, 0.2) is 0 Å². The highest BCUT2D eigenvalue weighted by atomic mass is 35.5. The Labute approximate surface area is 311 Å². The van der Waals surface area contributed by atoms with E-state index in [0.29, 0.717) is 35.9 Å². The van der Waals surface area contributed by atoms with Crippen LogP contribution in [0.25, 0.3) is 0 Å². The van der Waals surface area contributed by atoms with Crippen LogP contribution in [0.1, 0.15) is 74.9 Å². The van der Waals surface area contributed by atoms with Gasteiger partial charge >= 0.3 is 11.9 Å². The largest absolute Gasteiger partial charge is 0.465 e. The summed E-state index contributed by atoms with van der Waals surface area (Å²) in [6.07, 6.45) is 11.7. The first-order valence-electron chi connectivity index (χ1n) is 17.1. The summed E-state index contributed by atoms with van der Waals surface area (Å²) in [6, 6.07) is 15.8. The third-order valence-electron chi connectivity index (χ3n) is 9.56. The highest BCUT2D eigenvalue weighted by Gasteiger charge is 2.44. The predicted octanol–water partition coefficient (Wildman–Crippen LogP) is 6.90. The highest BCUT2D eigenvalue weighted by Crippen LogP contribution is 2.52. The molecule has 2 aliphatic carbocycles. The van der Waals surface area contributed by atoms with Crippen LogP contribution in [-0.2, 0) is 55.8 Å². The van der Waals surface area contributed by atoms with Gasteiger partial charge in [-0.1, -0.05) is 59.1 Å². The number of aromatic nitrogens is 4. The minimum absolute atomic E-state index is 0.0788. The van der Waals surface area contributed by atoms with E-state index in [2.05, 4.69) is 22.1 Å². The van der Waals surface area contributed by atoms with Crippen molar-refractivity contribution in [3.05, 3.63) is 126 Å². The van der Waals surface area contributed by atoms with Gasteiger partial charge in [0.2, 0.25) is 0 Å². The standard InChI is InChI=1S/C19H20Cl2N2O3.C19H21ClN2O3/c1-2-26-17(24)12-23-16(21)11-22-15(18(23)25)7-8-19(9-10-19)13-3-5-14(20)6-4-13;1-2-25-17(23)13-22-12-11-21-16(18(22)24)7-8-19(9-10-19)14-3-5-15(20)6-4-14/h3-6,11H,2,7-10,12H2,1H3;3-6,11-12H,2,7-10,13H2,1H3. The van der Waals surface area contributed by atoms with Gasteiger partial charge in [0.05, 0.1) is 19.4 Å². The number of aryl methyl sites for hydroxylation is 2. The number of carbonyl (C=O) groups is 2. The Balaban J connectivity index is 0.000000198. The molecule has 2 aromatic carbocycles. The van der Waals surface area contributed by atoms with Gasteiger partial charge in [-0.2, -0.15) is 0 Å². The van der Waals surface area contributed by atoms with Gasteiger partial charge < -0.3 is 14.0 Å². The molecule has 2 heterocycles. The summed E-state index contributed by atoms with van der Waals surface area (Å²) < 4.78 is 12.4. The van der Waals surface area contributed by atoms with Crippen molar-refractivity contribution >= 4 is 46.7 Å². The Morgan fingerprint density at radius 1 is 0.706 bits per heavy atom. The molecule has 0 spiro atoms. The molecule has 0 aliphatic heterocycles. The smallest absolute Gasteiger partial charge is 0.326 e. The van der Waals surface area contributed by atoms with Crippen LogP contribution in [0.4, 0.5) is 0 Å². The molecule has 0 N–H and O–H groups in total. The van der Waals surface area contributed by atoms with E-state index >= 15 is 0 Å². The second kappa shape index (κ2) is 17.0. The number of esters is 2. The van der Waals surface area contributed by atoms with Crippen molar-refractivity contribution in [2.24, 2.45) is 0 Å². The van der Waals surface area contributed by atoms with Crippen molar-refractivity contribution in [3.63, 3.8) is 0 Å². The average Bonchev–Trinajstić information content (AvgIpc) is 4.05. The number of carbonyl (C=O) groups excluding carboxylic acids is 2. The zero-order chi connectivity index (χ0) is 36.6. The van der Waals surface area contributed by atoms with Crippen LogP contribution >= 0.6 is 34.8 Å². The maximum Gasteiger partial charge on any atom is 0.326 e. The zero-order valence-corrected chi connectivity index (χ0v) is 31.0. The Hall–Kier alpha value is -3.99. The molecule has 0 saturated heterocycles. The summed E-state index contributed by atoms with van der Waals surface area (Å²) in [5, 5.41) is 1.57. The molecule has 51 heavy (non-hydrogen) atoms. The van der Waals surface area contributed by atoms with E-state index in [4.69, 9.17) is 44.3 Å². The number of ether oxygens (including phenoxy) is 2. The van der Waals surface area contributed by atoms with Crippen LogP contribution in [-0.4, -0.2) is 44.3 Å². The fourth-order valence-electron chi connectivity index (χ4n) is 6.29. The second-order valence-electron chi connectivity index (χ2n) is 12.9. The summed E-state index contributed by atoms with van der Waals surface area (Å²) in [5.41, 5.74) is 3.07. The Kier molecular flexibility index (Phi) is 12.8. The van der Waals surface area contributed by atoms with Crippen LogP contribution in [0, 0.1) is 0 Å². The maximum atomic E-state index is 12.6. The van der Waals surface area contributed by atoms with Gasteiger partial charge in [-0.15, -0.1) is 0 Å². The zero-order valence-electron chi connectivity index (χ0n) is 28.7. The summed E-state index contributed by atoms with van der Waals surface area (Å²) in [5.74, 6) is -0.907. The lowest BCUT2D eigenvalue weighted by Crippen LogP contribution is -2.30. The SMILES string of the molecule is CCOC(=O)Cn1c(Cl)cnc(CCC2(c3ccc(Cl)cc3)CC2)c1=O.CCOC(=O)Cn1ccnc(CCC2(c3ccc(Cl)cc3)CC2)c1=O. The van der Waals surface area contributed by atoms with Gasteiger partial charge in [-0.05, 0) is 111 Å². The molecular weight excluding hydrogens is 715 g/mol. The summed E-state index contributed by atoms with van der Waals surface area (Å²) in [4.78, 5) is 56.9. The number of hydrogen-bond acceptors (Lipinski definition) is 8. The van der Waals surface area contributed by atoms with Crippen molar-refractivity contribution in [2.75, 3.05) is 13.2 Å². The molecule has 2 aromatic heterocycles. The first kappa shape index (κ1) is 38.2. The lowest BCUT2D eigenvalue weighted by atomic mass is 9.90. The molecule has 10 nitrogen and oxygen atoms in total. The highest BCUT2D eigenvalue weighted by molar-refractivity contribution is 6.31. The molecule has 0 bridgehead atoms. The Morgan fingerprint density at radius 2 is 1.18 bits per heavy atom. The number of hydrogen-bond donors (Lipinski definition) is 0. The van der Waals surface area contributed by atoms with Crippen molar-refractivity contribution < 1.29 is 19.1 Å². The van der Waals surface area contributed by atoms with E-state index in [9.17, 15) is 19.2 Å². The van der Waals surface area contributed by atoms with Gasteiger partial charge in [0.1, 0.15) is 29.6 Å². The van der Waals surface area contributed by atoms with Gasteiger partial charge in [-0.25, -0.2) is 0 Å². The van der Waals surface area contributed by atoms with Crippen molar-refractivity contribution in [1.82, 2.24) is 19.1 Å². The topological polar surface area (TPSA) is 122 Å². The third kappa shape index (κ3) is 9.87. The minimum Gasteiger partial charge on any atom is -0.465 e. The monoisotopic (exact) mass is 754 g/mol. The van der Waals surface area contributed by atoms with Crippen LogP contribution in [0.15, 0.2) is 76.7 Å². The van der Waals surface area contributed by atoms with Crippen molar-refractivity contribution in [2.45, 2.75) is 89.1 Å². The molecule has 270 valence electrons. The molecule has 2 saturated carbocycles. The van der Waals surface area contributed by atoms with E-state index in [1.54, 1.807) is 20.0 Å². The summed E-state index contributed by atoms with van der Waals surface area (Å²) in [7, 11) is 0. The second-order valence-corrected chi connectivity index (χ2v) is 14.2. The van der Waals surface area contributed by atoms with Crippen molar-refractivity contribution in [1.29, 1.82) is 0 Å². The fraction of sp³-hybridized carbons (Fsp3) is 0.421. The summed E-state index contributed by atoms with van der Waals surface area (Å²) >= 11 is 18.0. The normalized spacial score (nSPS) is 14.9. The molecule has 6 rings (SSSR count). The molecule has 0 unspecified atom stereocenters. The van der Waals surface area contributed by atoms with Crippen LogP contribution < -0.4 is 11.1 Å². The first-order chi connectivity index (χ1) is 24.5. The molecule has 0 atom stereocenters. The lowest BCUT2D eigenvalue weighted by Gasteiger charge is -2.16. The maximum absolute atomic E-state index is 12.6. The first-order valence-corrected chi connectivity index (χ1v) is 18.2. The van der Waals surface area contributed by atoms with Crippen LogP contribution in [0.3, 0.4) is 0 Å². The van der Waals surface area contributed by atoms with Gasteiger partial charge in [0, 0.05) is 22.4 Å². The third-order valence-corrected chi connectivity index (χ3v) is 10.4. The van der Waals surface area contributed by atoms with Gasteiger partial charge in [-0.3, -0.25) is 33.7 Å². The van der Waals surface area contributed by atoms with E-state index in [0.717, 1.165) is 43.5 Å². The van der Waals surface area contributed by atoms with Crippen LogP contribution in [0.5, 0.6) is 0 Å².